The molecule has 0 aliphatic rings. The van der Waals surface area contributed by atoms with Crippen LogP contribution < -0.4 is 10.6 Å². The molecule has 2 aromatic carbocycles. The predicted molar refractivity (Wildman–Crippen MR) is 89.4 cm³/mol. The Hall–Kier alpha value is -2.70. The third-order valence-corrected chi connectivity index (χ3v) is 3.49. The number of rotatable bonds is 7. The van der Waals surface area contributed by atoms with Crippen molar-refractivity contribution in [2.24, 2.45) is 0 Å². The van der Waals surface area contributed by atoms with Crippen LogP contribution >= 0.6 is 0 Å². The molecule has 0 unspecified atom stereocenters. The van der Waals surface area contributed by atoms with Gasteiger partial charge < -0.3 is 20.8 Å². The van der Waals surface area contributed by atoms with E-state index in [1.165, 1.54) is 0 Å². The van der Waals surface area contributed by atoms with Gasteiger partial charge >= 0.3 is 0 Å². The van der Waals surface area contributed by atoms with Crippen LogP contribution in [0.5, 0.6) is 0 Å². The molecule has 0 aliphatic carbocycles. The highest BCUT2D eigenvalue weighted by molar-refractivity contribution is 5.95. The van der Waals surface area contributed by atoms with Gasteiger partial charge in [0.25, 0.3) is 11.8 Å². The van der Waals surface area contributed by atoms with E-state index in [9.17, 15) is 9.59 Å². The molecule has 4 N–H and O–H groups in total. The lowest BCUT2D eigenvalue weighted by Crippen LogP contribution is -2.34. The molecule has 0 aromatic heterocycles. The summed E-state index contributed by atoms with van der Waals surface area (Å²) < 4.78 is 0. The highest BCUT2D eigenvalue weighted by Crippen LogP contribution is 2.05. The fourth-order valence-electron chi connectivity index (χ4n) is 2.08. The average Bonchev–Trinajstić information content (AvgIpc) is 2.65. The lowest BCUT2D eigenvalue weighted by molar-refractivity contribution is 0.0927. The Morgan fingerprint density at radius 2 is 1.00 bits per heavy atom. The minimum atomic E-state index is -0.235. The molecule has 24 heavy (non-hydrogen) atoms. The maximum atomic E-state index is 11.9. The monoisotopic (exact) mass is 328 g/mol. The van der Waals surface area contributed by atoms with Crippen molar-refractivity contribution in [2.45, 2.75) is 13.2 Å². The van der Waals surface area contributed by atoms with Crippen LogP contribution in [0.3, 0.4) is 0 Å². The number of benzene rings is 2. The number of hydrogen-bond donors (Lipinski definition) is 4. The van der Waals surface area contributed by atoms with Gasteiger partial charge in [0.2, 0.25) is 0 Å². The first-order valence-corrected chi connectivity index (χ1v) is 7.60. The number of carbonyl (C=O) groups is 2. The van der Waals surface area contributed by atoms with E-state index in [0.29, 0.717) is 24.2 Å². The smallest absolute Gasteiger partial charge is 0.251 e. The zero-order valence-electron chi connectivity index (χ0n) is 13.2. The molecule has 0 fully saturated rings. The number of hydrogen-bond acceptors (Lipinski definition) is 4. The summed E-state index contributed by atoms with van der Waals surface area (Å²) in [5, 5.41) is 23.3. The molecule has 2 amide bonds. The van der Waals surface area contributed by atoms with Gasteiger partial charge in [-0.15, -0.1) is 0 Å². The largest absolute Gasteiger partial charge is 0.392 e. The minimum Gasteiger partial charge on any atom is -0.392 e. The number of aliphatic hydroxyl groups is 2. The van der Waals surface area contributed by atoms with Crippen molar-refractivity contribution < 1.29 is 19.8 Å². The summed E-state index contributed by atoms with van der Waals surface area (Å²) in [5.41, 5.74) is 2.48. The van der Waals surface area contributed by atoms with Crippen molar-refractivity contribution in [2.75, 3.05) is 13.1 Å². The first-order valence-electron chi connectivity index (χ1n) is 7.60. The van der Waals surface area contributed by atoms with Crippen molar-refractivity contribution in [3.05, 3.63) is 70.8 Å². The van der Waals surface area contributed by atoms with E-state index in [1.807, 2.05) is 0 Å². The first-order chi connectivity index (χ1) is 11.6. The Balaban J connectivity index is 1.74. The van der Waals surface area contributed by atoms with E-state index in [4.69, 9.17) is 10.2 Å². The summed E-state index contributed by atoms with van der Waals surface area (Å²) in [4.78, 5) is 23.8. The van der Waals surface area contributed by atoms with E-state index in [-0.39, 0.29) is 25.0 Å². The van der Waals surface area contributed by atoms with Gasteiger partial charge in [-0.3, -0.25) is 9.59 Å². The molecule has 0 radical (unpaired) electrons. The number of aliphatic hydroxyl groups excluding tert-OH is 2. The van der Waals surface area contributed by atoms with E-state index < -0.39 is 0 Å². The zero-order chi connectivity index (χ0) is 17.4. The molecular weight excluding hydrogens is 308 g/mol. The van der Waals surface area contributed by atoms with Crippen molar-refractivity contribution in [1.29, 1.82) is 0 Å². The Kier molecular flexibility index (Phi) is 6.48. The van der Waals surface area contributed by atoms with Gasteiger partial charge in [-0.2, -0.15) is 0 Å². The molecule has 6 nitrogen and oxygen atoms in total. The molecular formula is C18H20N2O4. The lowest BCUT2D eigenvalue weighted by Gasteiger charge is -2.08. The average molecular weight is 328 g/mol. The fourth-order valence-corrected chi connectivity index (χ4v) is 2.08. The second-order valence-corrected chi connectivity index (χ2v) is 5.22. The summed E-state index contributed by atoms with van der Waals surface area (Å²) in [5.74, 6) is -0.470. The highest BCUT2D eigenvalue weighted by atomic mass is 16.3. The molecule has 2 aromatic rings. The molecule has 0 saturated heterocycles. The van der Waals surface area contributed by atoms with Crippen molar-refractivity contribution in [3.8, 4) is 0 Å². The second-order valence-electron chi connectivity index (χ2n) is 5.22. The molecule has 126 valence electrons. The number of amides is 2. The fraction of sp³-hybridized carbons (Fsp3) is 0.222. The third-order valence-electron chi connectivity index (χ3n) is 3.49. The molecule has 6 heteroatoms. The standard InChI is InChI=1S/C18H20N2O4/c21-11-13-1-5-15(6-2-13)17(23)19-9-10-20-18(24)16-7-3-14(12-22)4-8-16/h1-8,21-22H,9-12H2,(H,19,23)(H,20,24). The lowest BCUT2D eigenvalue weighted by atomic mass is 10.1. The Bertz CT molecular complexity index is 620. The van der Waals surface area contributed by atoms with Gasteiger partial charge in [0.15, 0.2) is 0 Å². The van der Waals surface area contributed by atoms with Gasteiger partial charge in [-0.05, 0) is 35.4 Å². The van der Waals surface area contributed by atoms with Crippen LogP contribution in [0.1, 0.15) is 31.8 Å². The van der Waals surface area contributed by atoms with Gasteiger partial charge in [0.1, 0.15) is 0 Å². The maximum absolute atomic E-state index is 11.9. The Labute approximate surface area is 140 Å². The second kappa shape index (κ2) is 8.81. The van der Waals surface area contributed by atoms with Crippen LogP contribution in [0, 0.1) is 0 Å². The van der Waals surface area contributed by atoms with Gasteiger partial charge in [-0.25, -0.2) is 0 Å². The summed E-state index contributed by atoms with van der Waals surface area (Å²) >= 11 is 0. The van der Waals surface area contributed by atoms with Crippen LogP contribution in [0.4, 0.5) is 0 Å². The van der Waals surface area contributed by atoms with Crippen LogP contribution in [-0.2, 0) is 13.2 Å². The third kappa shape index (κ3) is 4.91. The maximum Gasteiger partial charge on any atom is 0.251 e. The summed E-state index contributed by atoms with van der Waals surface area (Å²) in [6, 6.07) is 13.3. The molecule has 0 spiro atoms. The molecule has 0 bridgehead atoms. The normalized spacial score (nSPS) is 10.2. The number of carbonyl (C=O) groups excluding carboxylic acids is 2. The molecule has 0 heterocycles. The van der Waals surface area contributed by atoms with Crippen LogP contribution in [0.25, 0.3) is 0 Å². The molecule has 0 atom stereocenters. The number of nitrogens with one attached hydrogen (secondary N) is 2. The Morgan fingerprint density at radius 3 is 1.29 bits per heavy atom. The molecule has 0 saturated carbocycles. The van der Waals surface area contributed by atoms with Gasteiger partial charge in [-0.1, -0.05) is 24.3 Å². The Morgan fingerprint density at radius 1 is 0.667 bits per heavy atom. The molecule has 2 rings (SSSR count). The quantitative estimate of drug-likeness (QED) is 0.566. The van der Waals surface area contributed by atoms with Crippen LogP contribution in [0.2, 0.25) is 0 Å². The van der Waals surface area contributed by atoms with Gasteiger partial charge in [0.05, 0.1) is 13.2 Å². The van der Waals surface area contributed by atoms with E-state index in [2.05, 4.69) is 10.6 Å². The summed E-state index contributed by atoms with van der Waals surface area (Å²) in [6.07, 6.45) is 0. The van der Waals surface area contributed by atoms with Crippen molar-refractivity contribution in [3.63, 3.8) is 0 Å². The van der Waals surface area contributed by atoms with E-state index >= 15 is 0 Å². The van der Waals surface area contributed by atoms with Crippen molar-refractivity contribution >= 4 is 11.8 Å². The predicted octanol–water partition coefficient (Wildman–Crippen LogP) is 0.831. The van der Waals surface area contributed by atoms with E-state index in [1.54, 1.807) is 48.5 Å². The molecule has 0 aliphatic heterocycles. The topological polar surface area (TPSA) is 98.7 Å². The van der Waals surface area contributed by atoms with Gasteiger partial charge in [0, 0.05) is 24.2 Å². The SMILES string of the molecule is O=C(NCCNC(=O)c1ccc(CO)cc1)c1ccc(CO)cc1. The summed E-state index contributed by atoms with van der Waals surface area (Å²) in [7, 11) is 0. The minimum absolute atomic E-state index is 0.0623. The summed E-state index contributed by atoms with van der Waals surface area (Å²) in [6.45, 7) is 0.489. The highest BCUT2D eigenvalue weighted by Gasteiger charge is 2.07. The zero-order valence-corrected chi connectivity index (χ0v) is 13.2. The van der Waals surface area contributed by atoms with Crippen LogP contribution in [0.15, 0.2) is 48.5 Å². The first kappa shape index (κ1) is 17.7. The van der Waals surface area contributed by atoms with E-state index in [0.717, 1.165) is 11.1 Å². The van der Waals surface area contributed by atoms with Crippen molar-refractivity contribution in [1.82, 2.24) is 10.6 Å². The van der Waals surface area contributed by atoms with Crippen LogP contribution in [-0.4, -0.2) is 35.1 Å².